The first kappa shape index (κ1) is 23.1. The Labute approximate surface area is 199 Å². The number of benzene rings is 2. The van der Waals surface area contributed by atoms with Gasteiger partial charge in [-0.25, -0.2) is 4.98 Å². The van der Waals surface area contributed by atoms with Gasteiger partial charge in [0.05, 0.1) is 11.4 Å². The van der Waals surface area contributed by atoms with Crippen molar-refractivity contribution in [3.63, 3.8) is 0 Å². The molecule has 0 unspecified atom stereocenters. The monoisotopic (exact) mass is 456 g/mol. The zero-order chi connectivity index (χ0) is 23.9. The summed E-state index contributed by atoms with van der Waals surface area (Å²) in [5.74, 6) is 0.782. The number of anilines is 1. The molecule has 2 N–H and O–H groups in total. The summed E-state index contributed by atoms with van der Waals surface area (Å²) in [6, 6.07) is 21.7. The molecule has 2 aromatic carbocycles. The summed E-state index contributed by atoms with van der Waals surface area (Å²) in [5, 5.41) is 9.94. The van der Waals surface area contributed by atoms with Crippen LogP contribution in [0.1, 0.15) is 30.9 Å². The number of nitrogens with two attached hydrogens (primary N) is 1. The second-order valence-electron chi connectivity index (χ2n) is 8.51. The van der Waals surface area contributed by atoms with Crippen molar-refractivity contribution in [2.45, 2.75) is 26.4 Å². The molecule has 1 aliphatic rings. The SMILES string of the molecule is CC1CCN(c2cc(-c3ccccc3OCc3ccccc3)nc(OCC(N)=O)c2C#N)CC1. The van der Waals surface area contributed by atoms with Gasteiger partial charge < -0.3 is 20.1 Å². The quantitative estimate of drug-likeness (QED) is 0.542. The molecule has 34 heavy (non-hydrogen) atoms. The number of nitriles is 1. The highest BCUT2D eigenvalue weighted by Crippen LogP contribution is 2.37. The van der Waals surface area contributed by atoms with Crippen molar-refractivity contribution >= 4 is 11.6 Å². The first-order chi connectivity index (χ1) is 16.5. The van der Waals surface area contributed by atoms with E-state index in [2.05, 4.69) is 22.9 Å². The van der Waals surface area contributed by atoms with Crippen molar-refractivity contribution in [1.29, 1.82) is 5.26 Å². The highest BCUT2D eigenvalue weighted by atomic mass is 16.5. The number of nitrogens with zero attached hydrogens (tertiary/aromatic N) is 3. The zero-order valence-corrected chi connectivity index (χ0v) is 19.2. The summed E-state index contributed by atoms with van der Waals surface area (Å²) in [7, 11) is 0. The molecule has 1 aliphatic heterocycles. The summed E-state index contributed by atoms with van der Waals surface area (Å²) in [4.78, 5) is 18.2. The van der Waals surface area contributed by atoms with E-state index in [-0.39, 0.29) is 12.5 Å². The van der Waals surface area contributed by atoms with Gasteiger partial charge in [0.25, 0.3) is 5.91 Å². The van der Waals surface area contributed by atoms with E-state index in [0.29, 0.717) is 29.5 Å². The number of ether oxygens (including phenoxy) is 2. The maximum absolute atomic E-state index is 11.4. The zero-order valence-electron chi connectivity index (χ0n) is 19.2. The fourth-order valence-corrected chi connectivity index (χ4v) is 4.03. The van der Waals surface area contributed by atoms with Crippen LogP contribution in [0.25, 0.3) is 11.3 Å². The Morgan fingerprint density at radius 2 is 1.82 bits per heavy atom. The van der Waals surface area contributed by atoms with Gasteiger partial charge in [-0.15, -0.1) is 0 Å². The number of primary amides is 1. The van der Waals surface area contributed by atoms with Crippen molar-refractivity contribution in [1.82, 2.24) is 4.98 Å². The van der Waals surface area contributed by atoms with Crippen molar-refractivity contribution in [3.05, 3.63) is 71.8 Å². The molecule has 0 atom stereocenters. The molecular formula is C27H28N4O3. The van der Waals surface area contributed by atoms with E-state index in [1.54, 1.807) is 0 Å². The summed E-state index contributed by atoms with van der Waals surface area (Å²) < 4.78 is 11.7. The van der Waals surface area contributed by atoms with Crippen molar-refractivity contribution < 1.29 is 14.3 Å². The van der Waals surface area contributed by atoms with Gasteiger partial charge in [-0.1, -0.05) is 49.4 Å². The molecule has 7 heteroatoms. The lowest BCUT2D eigenvalue weighted by Gasteiger charge is -2.33. The number of para-hydroxylation sites is 1. The summed E-state index contributed by atoms with van der Waals surface area (Å²) in [5.41, 5.74) is 8.78. The van der Waals surface area contributed by atoms with Crippen LogP contribution in [0, 0.1) is 17.2 Å². The maximum Gasteiger partial charge on any atom is 0.255 e. The third-order valence-corrected chi connectivity index (χ3v) is 5.95. The maximum atomic E-state index is 11.4. The molecule has 2 heterocycles. The number of pyridine rings is 1. The minimum atomic E-state index is -0.629. The van der Waals surface area contributed by atoms with E-state index in [1.807, 2.05) is 60.7 Å². The topological polar surface area (TPSA) is 101 Å². The normalized spacial score (nSPS) is 13.8. The van der Waals surface area contributed by atoms with Crippen molar-refractivity contribution in [2.24, 2.45) is 11.7 Å². The van der Waals surface area contributed by atoms with E-state index < -0.39 is 5.91 Å². The number of amides is 1. The first-order valence-electron chi connectivity index (χ1n) is 11.4. The number of rotatable bonds is 8. The molecule has 0 bridgehead atoms. The predicted molar refractivity (Wildman–Crippen MR) is 130 cm³/mol. The molecule has 0 saturated carbocycles. The minimum Gasteiger partial charge on any atom is -0.488 e. The lowest BCUT2D eigenvalue weighted by atomic mass is 9.98. The average Bonchev–Trinajstić information content (AvgIpc) is 2.87. The number of hydrogen-bond acceptors (Lipinski definition) is 6. The Morgan fingerprint density at radius 1 is 1.12 bits per heavy atom. The lowest BCUT2D eigenvalue weighted by molar-refractivity contribution is -0.120. The van der Waals surface area contributed by atoms with Crippen LogP contribution in [-0.2, 0) is 11.4 Å². The molecule has 1 amide bonds. The molecule has 1 aromatic heterocycles. The van der Waals surface area contributed by atoms with E-state index in [9.17, 15) is 10.1 Å². The van der Waals surface area contributed by atoms with Gasteiger partial charge in [-0.2, -0.15) is 5.26 Å². The number of aromatic nitrogens is 1. The van der Waals surface area contributed by atoms with E-state index in [1.165, 1.54) is 0 Å². The number of hydrogen-bond donors (Lipinski definition) is 1. The second-order valence-corrected chi connectivity index (χ2v) is 8.51. The Balaban J connectivity index is 1.74. The molecule has 0 spiro atoms. The Hall–Kier alpha value is -4.05. The average molecular weight is 457 g/mol. The summed E-state index contributed by atoms with van der Waals surface area (Å²) in [6.07, 6.45) is 2.08. The molecule has 1 saturated heterocycles. The predicted octanol–water partition coefficient (Wildman–Crippen LogP) is 4.30. The van der Waals surface area contributed by atoms with Crippen LogP contribution in [0.4, 0.5) is 5.69 Å². The van der Waals surface area contributed by atoms with Crippen molar-refractivity contribution in [3.8, 4) is 29.0 Å². The van der Waals surface area contributed by atoms with Crippen LogP contribution in [0.3, 0.4) is 0 Å². The molecular weight excluding hydrogens is 428 g/mol. The van der Waals surface area contributed by atoms with Gasteiger partial charge in [0, 0.05) is 18.7 Å². The van der Waals surface area contributed by atoms with E-state index in [4.69, 9.17) is 15.2 Å². The van der Waals surface area contributed by atoms with E-state index in [0.717, 1.165) is 42.7 Å². The van der Waals surface area contributed by atoms with Crippen LogP contribution in [0.5, 0.6) is 11.6 Å². The van der Waals surface area contributed by atoms with Gasteiger partial charge in [0.2, 0.25) is 5.88 Å². The molecule has 7 nitrogen and oxygen atoms in total. The fourth-order valence-electron chi connectivity index (χ4n) is 4.03. The Bertz CT molecular complexity index is 1180. The highest BCUT2D eigenvalue weighted by molar-refractivity contribution is 5.77. The summed E-state index contributed by atoms with van der Waals surface area (Å²) >= 11 is 0. The van der Waals surface area contributed by atoms with Gasteiger partial charge in [0.15, 0.2) is 6.61 Å². The van der Waals surface area contributed by atoms with Crippen LogP contribution in [-0.4, -0.2) is 30.6 Å². The molecule has 1 fully saturated rings. The smallest absolute Gasteiger partial charge is 0.255 e. The summed E-state index contributed by atoms with van der Waals surface area (Å²) in [6.45, 7) is 3.97. The highest BCUT2D eigenvalue weighted by Gasteiger charge is 2.24. The van der Waals surface area contributed by atoms with Crippen LogP contribution in [0.2, 0.25) is 0 Å². The van der Waals surface area contributed by atoms with Gasteiger partial charge in [0.1, 0.15) is 24.0 Å². The number of carbonyl (C=O) groups is 1. The standard InChI is InChI=1S/C27H28N4O3/c1-19-11-13-31(14-12-19)24-15-23(30-27(22(24)16-28)34-18-26(29)32)21-9-5-6-10-25(21)33-17-20-7-3-2-4-8-20/h2-10,15,19H,11-14,17-18H2,1H3,(H2,29,32). The largest absolute Gasteiger partial charge is 0.488 e. The molecule has 4 rings (SSSR count). The van der Waals surface area contributed by atoms with Crippen molar-refractivity contribution in [2.75, 3.05) is 24.6 Å². The Kier molecular flexibility index (Phi) is 7.28. The van der Waals surface area contributed by atoms with Crippen LogP contribution >= 0.6 is 0 Å². The first-order valence-corrected chi connectivity index (χ1v) is 11.4. The van der Waals surface area contributed by atoms with Crippen LogP contribution < -0.4 is 20.1 Å². The molecule has 0 aliphatic carbocycles. The van der Waals surface area contributed by atoms with Gasteiger partial charge >= 0.3 is 0 Å². The van der Waals surface area contributed by atoms with Gasteiger partial charge in [-0.3, -0.25) is 4.79 Å². The number of piperidine rings is 1. The molecule has 0 radical (unpaired) electrons. The lowest BCUT2D eigenvalue weighted by Crippen LogP contribution is -2.33. The molecule has 3 aromatic rings. The fraction of sp³-hybridized carbons (Fsp3) is 0.296. The molecule has 174 valence electrons. The second kappa shape index (κ2) is 10.7. The van der Waals surface area contributed by atoms with Gasteiger partial charge in [-0.05, 0) is 42.5 Å². The van der Waals surface area contributed by atoms with Crippen LogP contribution in [0.15, 0.2) is 60.7 Å². The Morgan fingerprint density at radius 3 is 2.53 bits per heavy atom. The number of carbonyl (C=O) groups excluding carboxylic acids is 1. The van der Waals surface area contributed by atoms with E-state index >= 15 is 0 Å². The third-order valence-electron chi connectivity index (χ3n) is 5.95. The third kappa shape index (κ3) is 5.46. The minimum absolute atomic E-state index is 0.102.